The van der Waals surface area contributed by atoms with Gasteiger partial charge in [0.15, 0.2) is 0 Å². The van der Waals surface area contributed by atoms with Crippen LogP contribution in [0, 0.1) is 15.4 Å². The molecule has 3 nitrogen and oxygen atoms in total. The Kier molecular flexibility index (Phi) is 4.04. The van der Waals surface area contributed by atoms with Gasteiger partial charge in [0, 0.05) is 21.6 Å². The minimum Gasteiger partial charge on any atom is -0.469 e. The summed E-state index contributed by atoms with van der Waals surface area (Å²) in [4.78, 5) is 12.3. The number of carbonyl (C=O) groups excluding carboxylic acids is 1. The molecule has 0 saturated carbocycles. The molecular formula is C16H20INO2. The highest BCUT2D eigenvalue weighted by molar-refractivity contribution is 14.1. The van der Waals surface area contributed by atoms with Crippen LogP contribution >= 0.6 is 22.6 Å². The Morgan fingerprint density at radius 3 is 2.65 bits per heavy atom. The van der Waals surface area contributed by atoms with Gasteiger partial charge in [-0.05, 0) is 59.0 Å². The van der Waals surface area contributed by atoms with Crippen LogP contribution in [0.5, 0.6) is 0 Å². The van der Waals surface area contributed by atoms with Gasteiger partial charge < -0.3 is 10.1 Å². The summed E-state index contributed by atoms with van der Waals surface area (Å²) in [5.41, 5.74) is 1.27. The second-order valence-electron chi connectivity index (χ2n) is 6.05. The highest BCUT2D eigenvalue weighted by Gasteiger charge is 2.49. The second-order valence-corrected chi connectivity index (χ2v) is 7.29. The largest absolute Gasteiger partial charge is 0.469 e. The van der Waals surface area contributed by atoms with Gasteiger partial charge in [-0.25, -0.2) is 0 Å². The van der Waals surface area contributed by atoms with Crippen LogP contribution in [-0.2, 0) is 9.53 Å². The van der Waals surface area contributed by atoms with Gasteiger partial charge in [-0.15, -0.1) is 0 Å². The zero-order chi connectivity index (χ0) is 14.3. The Hall–Kier alpha value is -0.620. The van der Waals surface area contributed by atoms with Crippen molar-refractivity contribution in [3.63, 3.8) is 0 Å². The lowest BCUT2D eigenvalue weighted by Gasteiger charge is -2.37. The van der Waals surface area contributed by atoms with Crippen LogP contribution in [0.2, 0.25) is 0 Å². The van der Waals surface area contributed by atoms with Crippen molar-refractivity contribution in [1.29, 1.82) is 0 Å². The molecule has 2 aliphatic rings. The highest BCUT2D eigenvalue weighted by Crippen LogP contribution is 2.44. The lowest BCUT2D eigenvalue weighted by molar-refractivity contribution is -0.148. The van der Waals surface area contributed by atoms with Crippen molar-refractivity contribution in [2.75, 3.05) is 7.11 Å². The number of carbonyl (C=O) groups is 1. The van der Waals surface area contributed by atoms with E-state index in [1.807, 2.05) is 0 Å². The van der Waals surface area contributed by atoms with Crippen LogP contribution in [-0.4, -0.2) is 25.2 Å². The van der Waals surface area contributed by atoms with E-state index in [0.29, 0.717) is 12.0 Å². The molecule has 0 aromatic heterocycles. The predicted molar refractivity (Wildman–Crippen MR) is 86.5 cm³/mol. The molecule has 0 radical (unpaired) electrons. The van der Waals surface area contributed by atoms with Crippen LogP contribution < -0.4 is 5.32 Å². The molecule has 1 aromatic carbocycles. The molecule has 3 rings (SSSR count). The Bertz CT molecular complexity index is 502. The molecule has 1 aromatic rings. The Morgan fingerprint density at radius 2 is 2.00 bits per heavy atom. The summed E-state index contributed by atoms with van der Waals surface area (Å²) in [5, 5.41) is 3.61. The maximum Gasteiger partial charge on any atom is 0.310 e. The van der Waals surface area contributed by atoms with E-state index in [9.17, 15) is 4.79 Å². The van der Waals surface area contributed by atoms with Crippen molar-refractivity contribution < 1.29 is 9.53 Å². The van der Waals surface area contributed by atoms with Gasteiger partial charge in [-0.3, -0.25) is 4.79 Å². The number of methoxy groups -OCH3 is 1. The number of fused-ring (bicyclic) bond motifs is 2. The minimum atomic E-state index is -0.0711. The number of rotatable bonds is 2. The van der Waals surface area contributed by atoms with E-state index in [-0.39, 0.29) is 23.8 Å². The highest BCUT2D eigenvalue weighted by atomic mass is 123. The number of hydrogen-bond acceptors (Lipinski definition) is 3. The number of hydrogen-bond donors (Lipinski definition) is 1. The lowest BCUT2D eigenvalue weighted by Crippen LogP contribution is -2.49. The van der Waals surface area contributed by atoms with Crippen molar-refractivity contribution in [3.05, 3.63) is 33.4 Å². The van der Waals surface area contributed by atoms with Crippen molar-refractivity contribution in [1.82, 2.24) is 5.32 Å². The van der Waals surface area contributed by atoms with E-state index in [1.165, 1.54) is 22.7 Å². The molecule has 1 N–H and O–H groups in total. The monoisotopic (exact) mass is 381 g/mol. The maximum atomic E-state index is 12.3. The summed E-state index contributed by atoms with van der Waals surface area (Å²) in [6.45, 7) is 2.24. The fourth-order valence-electron chi connectivity index (χ4n) is 3.93. The van der Waals surface area contributed by atoms with Gasteiger partial charge in [-0.2, -0.15) is 0 Å². The molecule has 2 aliphatic heterocycles. The summed E-state index contributed by atoms with van der Waals surface area (Å²) in [6.07, 6.45) is 2.19. The SMILES string of the molecule is COC(=O)[C@@H]1C2NC(CC2C)C[C@@H]1c1ccc([123I])cc1. The first-order chi connectivity index (χ1) is 9.60. The number of piperidine rings is 1. The third kappa shape index (κ3) is 2.48. The number of halogens is 1. The normalized spacial score (nSPS) is 35.9. The third-order valence-corrected chi connectivity index (χ3v) is 5.55. The Balaban J connectivity index is 1.95. The van der Waals surface area contributed by atoms with Crippen molar-refractivity contribution in [2.24, 2.45) is 11.8 Å². The van der Waals surface area contributed by atoms with Crippen molar-refractivity contribution in [2.45, 2.75) is 37.8 Å². The average Bonchev–Trinajstić information content (AvgIpc) is 2.74. The van der Waals surface area contributed by atoms with Gasteiger partial charge in [0.2, 0.25) is 0 Å². The van der Waals surface area contributed by atoms with E-state index in [1.54, 1.807) is 0 Å². The predicted octanol–water partition coefficient (Wildman–Crippen LogP) is 2.93. The van der Waals surface area contributed by atoms with E-state index in [0.717, 1.165) is 6.42 Å². The molecule has 2 bridgehead atoms. The molecule has 20 heavy (non-hydrogen) atoms. The Labute approximate surface area is 133 Å². The first-order valence-corrected chi connectivity index (χ1v) is 8.27. The van der Waals surface area contributed by atoms with E-state index in [4.69, 9.17) is 4.74 Å². The summed E-state index contributed by atoms with van der Waals surface area (Å²) in [5.74, 6) is 0.686. The Morgan fingerprint density at radius 1 is 1.30 bits per heavy atom. The fourth-order valence-corrected chi connectivity index (χ4v) is 4.29. The van der Waals surface area contributed by atoms with Crippen LogP contribution in [0.1, 0.15) is 31.2 Å². The summed E-state index contributed by atoms with van der Waals surface area (Å²) in [6, 6.07) is 9.37. The topological polar surface area (TPSA) is 38.3 Å². The summed E-state index contributed by atoms with van der Waals surface area (Å²) < 4.78 is 6.31. The van der Waals surface area contributed by atoms with Gasteiger partial charge >= 0.3 is 5.97 Å². The van der Waals surface area contributed by atoms with E-state index >= 15 is 0 Å². The molecule has 0 spiro atoms. The van der Waals surface area contributed by atoms with Gasteiger partial charge in [0.1, 0.15) is 0 Å². The molecule has 5 atom stereocenters. The molecule has 4 heteroatoms. The minimum absolute atomic E-state index is 0.0613. The zero-order valence-electron chi connectivity index (χ0n) is 11.8. The van der Waals surface area contributed by atoms with Gasteiger partial charge in [0.05, 0.1) is 13.0 Å². The van der Waals surface area contributed by atoms with Crippen LogP contribution in [0.4, 0.5) is 0 Å². The molecule has 108 valence electrons. The maximum absolute atomic E-state index is 12.3. The molecule has 2 saturated heterocycles. The number of ether oxygens (including phenoxy) is 1. The fraction of sp³-hybridized carbons (Fsp3) is 0.562. The van der Waals surface area contributed by atoms with Crippen molar-refractivity contribution in [3.8, 4) is 0 Å². The molecule has 3 unspecified atom stereocenters. The van der Waals surface area contributed by atoms with E-state index in [2.05, 4.69) is 59.1 Å². The standard InChI is InChI=1S/C16H20INO2/c1-9-7-12-8-13(10-3-5-11(17)6-4-10)14(15(9)18-12)16(19)20-2/h3-6,9,12-15,18H,7-8H2,1-2H3/t9?,12?,13-,14+,15?/m1/s1/i17-4. The number of benzene rings is 1. The lowest BCUT2D eigenvalue weighted by atomic mass is 9.76. The molecular weight excluding hydrogens is 361 g/mol. The number of esters is 1. The van der Waals surface area contributed by atoms with Gasteiger partial charge in [-0.1, -0.05) is 19.1 Å². The molecule has 0 amide bonds. The smallest absolute Gasteiger partial charge is 0.310 e. The average molecular weight is 381 g/mol. The first-order valence-electron chi connectivity index (χ1n) is 7.19. The van der Waals surface area contributed by atoms with Crippen LogP contribution in [0.3, 0.4) is 0 Å². The van der Waals surface area contributed by atoms with Crippen LogP contribution in [0.25, 0.3) is 0 Å². The number of nitrogens with one attached hydrogen (secondary N) is 1. The molecule has 2 fully saturated rings. The first kappa shape index (κ1) is 14.3. The quantitative estimate of drug-likeness (QED) is 0.633. The summed E-state index contributed by atoms with van der Waals surface area (Å²) >= 11 is 2.31. The van der Waals surface area contributed by atoms with Crippen molar-refractivity contribution >= 4 is 28.6 Å². The van der Waals surface area contributed by atoms with E-state index < -0.39 is 0 Å². The third-order valence-electron chi connectivity index (χ3n) is 4.83. The second kappa shape index (κ2) is 5.64. The zero-order valence-corrected chi connectivity index (χ0v) is 14.0. The molecule has 2 heterocycles. The van der Waals surface area contributed by atoms with Crippen LogP contribution in [0.15, 0.2) is 24.3 Å². The molecule has 0 aliphatic carbocycles. The summed E-state index contributed by atoms with van der Waals surface area (Å²) in [7, 11) is 1.50. The van der Waals surface area contributed by atoms with Gasteiger partial charge in [0.25, 0.3) is 0 Å².